The number of allylic oxidation sites excluding steroid dienone is 1. The maximum Gasteiger partial charge on any atom is 0.0670 e. The summed E-state index contributed by atoms with van der Waals surface area (Å²) in [4.78, 5) is 2.27. The van der Waals surface area contributed by atoms with E-state index in [9.17, 15) is 5.11 Å². The molecule has 0 aliphatic rings. The Balaban J connectivity index is 2.04. The van der Waals surface area contributed by atoms with Crippen LogP contribution in [0.15, 0.2) is 55.3 Å². The van der Waals surface area contributed by atoms with E-state index >= 15 is 0 Å². The molecular formula is C25H38N2O2. The lowest BCUT2D eigenvalue weighted by Crippen LogP contribution is -2.35. The molecule has 0 fully saturated rings. The third kappa shape index (κ3) is 7.81. The van der Waals surface area contributed by atoms with E-state index in [1.54, 1.807) is 7.11 Å². The van der Waals surface area contributed by atoms with Crippen molar-refractivity contribution < 1.29 is 9.84 Å². The molecule has 0 saturated carbocycles. The van der Waals surface area contributed by atoms with Gasteiger partial charge in [-0.15, -0.1) is 6.58 Å². The number of hydrogen-bond acceptors (Lipinski definition) is 3. The number of nitrogens with zero attached hydrogens (tertiary/aromatic N) is 2. The predicted molar refractivity (Wildman–Crippen MR) is 121 cm³/mol. The molecule has 1 N–H and O–H groups in total. The van der Waals surface area contributed by atoms with E-state index in [-0.39, 0.29) is 11.5 Å². The van der Waals surface area contributed by atoms with E-state index < -0.39 is 0 Å². The van der Waals surface area contributed by atoms with Crippen molar-refractivity contribution in [2.75, 3.05) is 26.8 Å². The summed E-state index contributed by atoms with van der Waals surface area (Å²) in [7, 11) is 1.72. The molecule has 1 aromatic carbocycles. The van der Waals surface area contributed by atoms with Crippen LogP contribution in [0.1, 0.15) is 50.4 Å². The molecule has 0 amide bonds. The van der Waals surface area contributed by atoms with Gasteiger partial charge in [0.1, 0.15) is 0 Å². The van der Waals surface area contributed by atoms with Crippen molar-refractivity contribution >= 4 is 0 Å². The Labute approximate surface area is 176 Å². The Hall–Kier alpha value is -1.88. The molecule has 1 aromatic heterocycles. The van der Waals surface area contributed by atoms with Gasteiger partial charge in [0.25, 0.3) is 0 Å². The van der Waals surface area contributed by atoms with Crippen LogP contribution < -0.4 is 0 Å². The Bertz CT molecular complexity index is 728. The van der Waals surface area contributed by atoms with Crippen LogP contribution in [0.25, 0.3) is 0 Å². The number of aliphatic hydroxyl groups is 1. The van der Waals surface area contributed by atoms with Gasteiger partial charge in [-0.25, -0.2) is 0 Å². The topological polar surface area (TPSA) is 37.6 Å². The number of benzene rings is 1. The van der Waals surface area contributed by atoms with Gasteiger partial charge in [0, 0.05) is 45.2 Å². The van der Waals surface area contributed by atoms with Crippen molar-refractivity contribution in [3.63, 3.8) is 0 Å². The molecule has 0 bridgehead atoms. The third-order valence-electron chi connectivity index (χ3n) is 5.27. The van der Waals surface area contributed by atoms with Crippen molar-refractivity contribution in [3.05, 3.63) is 72.1 Å². The van der Waals surface area contributed by atoms with Gasteiger partial charge < -0.3 is 14.4 Å². The van der Waals surface area contributed by atoms with E-state index in [1.165, 1.54) is 16.8 Å². The van der Waals surface area contributed by atoms with Crippen LogP contribution in [-0.4, -0.2) is 47.5 Å². The maximum absolute atomic E-state index is 10.3. The van der Waals surface area contributed by atoms with Gasteiger partial charge in [-0.05, 0) is 41.5 Å². The van der Waals surface area contributed by atoms with Gasteiger partial charge >= 0.3 is 0 Å². The smallest absolute Gasteiger partial charge is 0.0670 e. The molecule has 4 nitrogen and oxygen atoms in total. The van der Waals surface area contributed by atoms with Gasteiger partial charge in [0.2, 0.25) is 0 Å². The van der Waals surface area contributed by atoms with Crippen LogP contribution in [0.5, 0.6) is 0 Å². The summed E-state index contributed by atoms with van der Waals surface area (Å²) < 4.78 is 7.57. The van der Waals surface area contributed by atoms with Crippen molar-refractivity contribution in [3.8, 4) is 0 Å². The molecule has 0 saturated heterocycles. The zero-order chi connectivity index (χ0) is 21.3. The quantitative estimate of drug-likeness (QED) is 0.531. The van der Waals surface area contributed by atoms with E-state index in [2.05, 4.69) is 79.4 Å². The Kier molecular flexibility index (Phi) is 9.15. The summed E-state index contributed by atoms with van der Waals surface area (Å²) in [6.07, 6.45) is 5.22. The normalized spacial score (nSPS) is 13.0. The van der Waals surface area contributed by atoms with E-state index in [1.807, 2.05) is 6.08 Å². The van der Waals surface area contributed by atoms with Gasteiger partial charge in [0.15, 0.2) is 0 Å². The van der Waals surface area contributed by atoms with Gasteiger partial charge in [-0.2, -0.15) is 0 Å². The lowest BCUT2D eigenvalue weighted by atomic mass is 9.87. The molecular weight excluding hydrogens is 360 g/mol. The zero-order valence-electron chi connectivity index (χ0n) is 18.6. The van der Waals surface area contributed by atoms with Crippen LogP contribution in [0.3, 0.4) is 0 Å². The first-order valence-electron chi connectivity index (χ1n) is 10.6. The first kappa shape index (κ1) is 23.4. The summed E-state index contributed by atoms with van der Waals surface area (Å²) in [5.74, 6) is 0. The highest BCUT2D eigenvalue weighted by atomic mass is 16.5. The largest absolute Gasteiger partial charge is 0.392 e. The lowest BCUT2D eigenvalue weighted by Gasteiger charge is -2.25. The first-order valence-corrected chi connectivity index (χ1v) is 10.6. The van der Waals surface area contributed by atoms with Gasteiger partial charge in [-0.3, -0.25) is 4.90 Å². The fraction of sp³-hybridized carbons (Fsp3) is 0.520. The fourth-order valence-corrected chi connectivity index (χ4v) is 3.44. The van der Waals surface area contributed by atoms with E-state index in [0.717, 1.165) is 32.5 Å². The SMILES string of the molecule is C=CCCC(O)CN(CCOC)Cc1cccn1Cc1ccc(C(C)(C)C)cc1. The Morgan fingerprint density at radius 1 is 1.21 bits per heavy atom. The van der Waals surface area contributed by atoms with Crippen LogP contribution >= 0.6 is 0 Å². The summed E-state index contributed by atoms with van der Waals surface area (Å²) in [5.41, 5.74) is 4.07. The number of rotatable bonds is 12. The van der Waals surface area contributed by atoms with Crippen molar-refractivity contribution in [1.29, 1.82) is 0 Å². The second-order valence-corrected chi connectivity index (χ2v) is 8.82. The van der Waals surface area contributed by atoms with Crippen molar-refractivity contribution in [2.45, 2.75) is 58.2 Å². The van der Waals surface area contributed by atoms with Crippen molar-refractivity contribution in [1.82, 2.24) is 9.47 Å². The standard InChI is InChI=1S/C25H38N2O2/c1-6-7-10-24(28)20-26(16-17-29-5)19-23-9-8-15-27(23)18-21-11-13-22(14-12-21)25(2,3)4/h6,8-9,11-15,24,28H,1,7,10,16-20H2,2-5H3. The molecule has 1 atom stereocenters. The number of aliphatic hydroxyl groups excluding tert-OH is 1. The summed E-state index contributed by atoms with van der Waals surface area (Å²) in [6.45, 7) is 14.2. The molecule has 0 aliphatic carbocycles. The minimum Gasteiger partial charge on any atom is -0.392 e. The number of hydrogen-bond donors (Lipinski definition) is 1. The minimum atomic E-state index is -0.349. The summed E-state index contributed by atoms with van der Waals surface area (Å²) in [5, 5.41) is 10.3. The third-order valence-corrected chi connectivity index (χ3v) is 5.27. The molecule has 4 heteroatoms. The second kappa shape index (κ2) is 11.3. The zero-order valence-corrected chi connectivity index (χ0v) is 18.6. The first-order chi connectivity index (χ1) is 13.8. The molecule has 0 aliphatic heterocycles. The number of ether oxygens (including phenoxy) is 1. The average molecular weight is 399 g/mol. The highest BCUT2D eigenvalue weighted by Gasteiger charge is 2.15. The second-order valence-electron chi connectivity index (χ2n) is 8.82. The fourth-order valence-electron chi connectivity index (χ4n) is 3.44. The van der Waals surface area contributed by atoms with Gasteiger partial charge in [0.05, 0.1) is 12.7 Å². The molecule has 0 spiro atoms. The monoisotopic (exact) mass is 398 g/mol. The summed E-state index contributed by atoms with van der Waals surface area (Å²) >= 11 is 0. The van der Waals surface area contributed by atoms with Crippen LogP contribution in [0, 0.1) is 0 Å². The highest BCUT2D eigenvalue weighted by molar-refractivity contribution is 5.28. The highest BCUT2D eigenvalue weighted by Crippen LogP contribution is 2.22. The molecule has 2 aromatic rings. The van der Waals surface area contributed by atoms with E-state index in [0.29, 0.717) is 13.2 Å². The summed E-state index contributed by atoms with van der Waals surface area (Å²) in [6, 6.07) is 13.2. The number of aromatic nitrogens is 1. The Morgan fingerprint density at radius 2 is 1.93 bits per heavy atom. The van der Waals surface area contributed by atoms with Crippen LogP contribution in [0.4, 0.5) is 0 Å². The van der Waals surface area contributed by atoms with E-state index in [4.69, 9.17) is 4.74 Å². The Morgan fingerprint density at radius 3 is 2.55 bits per heavy atom. The number of methoxy groups -OCH3 is 1. The van der Waals surface area contributed by atoms with Crippen LogP contribution in [-0.2, 0) is 23.2 Å². The molecule has 2 rings (SSSR count). The maximum atomic E-state index is 10.3. The molecule has 0 radical (unpaired) electrons. The average Bonchev–Trinajstić information content (AvgIpc) is 3.10. The van der Waals surface area contributed by atoms with Gasteiger partial charge in [-0.1, -0.05) is 51.1 Å². The molecule has 1 heterocycles. The van der Waals surface area contributed by atoms with Crippen molar-refractivity contribution in [2.24, 2.45) is 0 Å². The molecule has 160 valence electrons. The predicted octanol–water partition coefficient (Wildman–Crippen LogP) is 4.61. The molecule has 29 heavy (non-hydrogen) atoms. The minimum absolute atomic E-state index is 0.172. The van der Waals surface area contributed by atoms with Crippen LogP contribution in [0.2, 0.25) is 0 Å². The lowest BCUT2D eigenvalue weighted by molar-refractivity contribution is 0.0797. The molecule has 1 unspecified atom stereocenters.